The second-order valence-corrected chi connectivity index (χ2v) is 5.40. The smallest absolute Gasteiger partial charge is 0.345 e. The zero-order valence-electron chi connectivity index (χ0n) is 13.4. The molecule has 2 rings (SSSR count). The van der Waals surface area contributed by atoms with Crippen LogP contribution in [-0.2, 0) is 4.74 Å². The minimum absolute atomic E-state index is 0.198. The molecule has 0 N–H and O–H groups in total. The largest absolute Gasteiger partial charge is 0.459 e. The van der Waals surface area contributed by atoms with E-state index in [1.807, 2.05) is 0 Å². The molecule has 0 fully saturated rings. The zero-order chi connectivity index (χ0) is 17.9. The van der Waals surface area contributed by atoms with E-state index in [0.29, 0.717) is 11.3 Å². The molecule has 0 aliphatic heterocycles. The molecule has 7 heteroatoms. The topological polar surface area (TPSA) is 78.7 Å². The fraction of sp³-hybridized carbons (Fsp3) is 0.235. The summed E-state index contributed by atoms with van der Waals surface area (Å²) in [6.07, 6.45) is -0.417. The van der Waals surface area contributed by atoms with E-state index in [4.69, 9.17) is 9.47 Å². The van der Waals surface area contributed by atoms with Crippen molar-refractivity contribution < 1.29 is 23.6 Å². The number of benzene rings is 2. The van der Waals surface area contributed by atoms with Gasteiger partial charge in [0, 0.05) is 12.1 Å². The van der Waals surface area contributed by atoms with Gasteiger partial charge in [-0.1, -0.05) is 0 Å². The fourth-order valence-corrected chi connectivity index (χ4v) is 2.00. The second-order valence-electron chi connectivity index (χ2n) is 5.40. The van der Waals surface area contributed by atoms with Crippen LogP contribution in [0.4, 0.5) is 10.1 Å². The summed E-state index contributed by atoms with van der Waals surface area (Å²) in [4.78, 5) is 22.6. The highest BCUT2D eigenvalue weighted by atomic mass is 19.1. The van der Waals surface area contributed by atoms with Gasteiger partial charge in [0.05, 0.1) is 11.0 Å². The van der Waals surface area contributed by atoms with Crippen LogP contribution in [0, 0.1) is 22.9 Å². The standard InChI is InChI=1S/C17H16FNO5/c1-10(2)23-17(20)14-9-16(11(3)8-15(14)19(21)22)24-13-6-4-12(18)5-7-13/h4-10H,1-3H3. The molecule has 0 atom stereocenters. The van der Waals surface area contributed by atoms with E-state index < -0.39 is 22.8 Å². The van der Waals surface area contributed by atoms with Gasteiger partial charge in [0.15, 0.2) is 0 Å². The maximum absolute atomic E-state index is 12.9. The van der Waals surface area contributed by atoms with Gasteiger partial charge in [-0.3, -0.25) is 10.1 Å². The van der Waals surface area contributed by atoms with E-state index >= 15 is 0 Å². The molecule has 0 amide bonds. The lowest BCUT2D eigenvalue weighted by Gasteiger charge is -2.12. The lowest BCUT2D eigenvalue weighted by atomic mass is 10.1. The number of halogens is 1. The minimum Gasteiger partial charge on any atom is -0.459 e. The molecule has 0 aromatic heterocycles. The molecule has 0 heterocycles. The summed E-state index contributed by atoms with van der Waals surface area (Å²) >= 11 is 0. The molecule has 24 heavy (non-hydrogen) atoms. The Morgan fingerprint density at radius 2 is 1.83 bits per heavy atom. The van der Waals surface area contributed by atoms with Crippen LogP contribution in [0.15, 0.2) is 36.4 Å². The molecular weight excluding hydrogens is 317 g/mol. The Bertz CT molecular complexity index is 771. The number of nitrogens with zero attached hydrogens (tertiary/aromatic N) is 1. The van der Waals surface area contributed by atoms with E-state index in [2.05, 4.69) is 0 Å². The quantitative estimate of drug-likeness (QED) is 0.460. The summed E-state index contributed by atoms with van der Waals surface area (Å²) < 4.78 is 23.6. The third kappa shape index (κ3) is 4.07. The number of hydrogen-bond acceptors (Lipinski definition) is 5. The normalized spacial score (nSPS) is 10.5. The lowest BCUT2D eigenvalue weighted by Crippen LogP contribution is -2.13. The van der Waals surface area contributed by atoms with Crippen molar-refractivity contribution in [1.29, 1.82) is 0 Å². The predicted octanol–water partition coefficient (Wildman–Crippen LogP) is 4.40. The van der Waals surface area contributed by atoms with E-state index in [1.54, 1.807) is 20.8 Å². The third-order valence-corrected chi connectivity index (χ3v) is 3.09. The van der Waals surface area contributed by atoms with Crippen molar-refractivity contribution in [3.63, 3.8) is 0 Å². The first-order valence-corrected chi connectivity index (χ1v) is 7.21. The highest BCUT2D eigenvalue weighted by molar-refractivity contribution is 5.94. The number of carbonyl (C=O) groups excluding carboxylic acids is 1. The summed E-state index contributed by atoms with van der Waals surface area (Å²) in [5, 5.41) is 11.2. The maximum Gasteiger partial charge on any atom is 0.345 e. The van der Waals surface area contributed by atoms with E-state index in [9.17, 15) is 19.3 Å². The number of nitro benzene ring substituents is 1. The average Bonchev–Trinajstić information content (AvgIpc) is 2.50. The van der Waals surface area contributed by atoms with Crippen LogP contribution >= 0.6 is 0 Å². The van der Waals surface area contributed by atoms with E-state index in [0.717, 1.165) is 0 Å². The van der Waals surface area contributed by atoms with Gasteiger partial charge in [-0.15, -0.1) is 0 Å². The van der Waals surface area contributed by atoms with Gasteiger partial charge in [-0.2, -0.15) is 0 Å². The van der Waals surface area contributed by atoms with Crippen LogP contribution in [0.1, 0.15) is 29.8 Å². The molecule has 0 saturated carbocycles. The van der Waals surface area contributed by atoms with Crippen LogP contribution in [0.2, 0.25) is 0 Å². The summed E-state index contributed by atoms with van der Waals surface area (Å²) in [5.74, 6) is -0.621. The van der Waals surface area contributed by atoms with Gasteiger partial charge < -0.3 is 9.47 Å². The van der Waals surface area contributed by atoms with Crippen LogP contribution in [0.25, 0.3) is 0 Å². The summed E-state index contributed by atoms with van der Waals surface area (Å²) in [5.41, 5.74) is -0.0897. The molecule has 0 bridgehead atoms. The number of rotatable bonds is 5. The molecule has 0 radical (unpaired) electrons. The predicted molar refractivity (Wildman–Crippen MR) is 84.9 cm³/mol. The van der Waals surface area contributed by atoms with Gasteiger partial charge in [-0.25, -0.2) is 9.18 Å². The summed E-state index contributed by atoms with van der Waals surface area (Å²) in [7, 11) is 0. The Morgan fingerprint density at radius 1 is 1.21 bits per heavy atom. The van der Waals surface area contributed by atoms with Gasteiger partial charge in [0.1, 0.15) is 22.9 Å². The van der Waals surface area contributed by atoms with Crippen molar-refractivity contribution >= 4 is 11.7 Å². The molecule has 2 aromatic rings. The van der Waals surface area contributed by atoms with E-state index in [-0.39, 0.29) is 17.0 Å². The van der Waals surface area contributed by atoms with Crippen molar-refractivity contribution in [3.05, 3.63) is 63.5 Å². The highest BCUT2D eigenvalue weighted by Gasteiger charge is 2.25. The Labute approximate surface area is 138 Å². The molecule has 0 saturated heterocycles. The Balaban J connectivity index is 2.43. The molecular formula is C17H16FNO5. The minimum atomic E-state index is -0.805. The number of esters is 1. The Hall–Kier alpha value is -2.96. The van der Waals surface area contributed by atoms with Crippen LogP contribution < -0.4 is 4.74 Å². The van der Waals surface area contributed by atoms with Crippen molar-refractivity contribution in [1.82, 2.24) is 0 Å². The average molecular weight is 333 g/mol. The third-order valence-electron chi connectivity index (χ3n) is 3.09. The SMILES string of the molecule is Cc1cc([N+](=O)[O-])c(C(=O)OC(C)C)cc1Oc1ccc(F)cc1. The van der Waals surface area contributed by atoms with Gasteiger partial charge >= 0.3 is 5.97 Å². The summed E-state index contributed by atoms with van der Waals surface area (Å²) in [6, 6.07) is 7.80. The van der Waals surface area contributed by atoms with Crippen LogP contribution in [0.5, 0.6) is 11.5 Å². The number of carbonyl (C=O) groups is 1. The van der Waals surface area contributed by atoms with Gasteiger partial charge in [0.2, 0.25) is 0 Å². The first-order chi connectivity index (χ1) is 11.3. The van der Waals surface area contributed by atoms with Crippen LogP contribution in [-0.4, -0.2) is 17.0 Å². The lowest BCUT2D eigenvalue weighted by molar-refractivity contribution is -0.385. The number of hydrogen-bond donors (Lipinski definition) is 0. The molecule has 0 aliphatic rings. The molecule has 6 nitrogen and oxygen atoms in total. The fourth-order valence-electron chi connectivity index (χ4n) is 2.00. The van der Waals surface area contributed by atoms with Crippen molar-refractivity contribution in [3.8, 4) is 11.5 Å². The van der Waals surface area contributed by atoms with Crippen molar-refractivity contribution in [2.75, 3.05) is 0 Å². The molecule has 0 unspecified atom stereocenters. The number of nitro groups is 1. The number of aryl methyl sites for hydroxylation is 1. The van der Waals surface area contributed by atoms with Crippen molar-refractivity contribution in [2.45, 2.75) is 26.9 Å². The Morgan fingerprint density at radius 3 is 2.38 bits per heavy atom. The molecule has 0 aliphatic carbocycles. The molecule has 126 valence electrons. The maximum atomic E-state index is 12.9. The monoisotopic (exact) mass is 333 g/mol. The van der Waals surface area contributed by atoms with Gasteiger partial charge in [0.25, 0.3) is 5.69 Å². The Kier molecular flexibility index (Phi) is 5.13. The second kappa shape index (κ2) is 7.08. The van der Waals surface area contributed by atoms with E-state index in [1.165, 1.54) is 36.4 Å². The van der Waals surface area contributed by atoms with Crippen molar-refractivity contribution in [2.24, 2.45) is 0 Å². The van der Waals surface area contributed by atoms with Gasteiger partial charge in [-0.05, 0) is 50.6 Å². The molecule has 0 spiro atoms. The number of ether oxygens (including phenoxy) is 2. The summed E-state index contributed by atoms with van der Waals surface area (Å²) in [6.45, 7) is 4.91. The van der Waals surface area contributed by atoms with Crippen LogP contribution in [0.3, 0.4) is 0 Å². The highest BCUT2D eigenvalue weighted by Crippen LogP contribution is 2.32. The zero-order valence-corrected chi connectivity index (χ0v) is 13.4. The first-order valence-electron chi connectivity index (χ1n) is 7.21. The molecule has 2 aromatic carbocycles. The first kappa shape index (κ1) is 17.4.